The summed E-state index contributed by atoms with van der Waals surface area (Å²) in [6.07, 6.45) is 1.69. The summed E-state index contributed by atoms with van der Waals surface area (Å²) in [4.78, 5) is 18.5. The van der Waals surface area contributed by atoms with Crippen LogP contribution in [-0.2, 0) is 21.2 Å². The molecule has 0 unspecified atom stereocenters. The predicted molar refractivity (Wildman–Crippen MR) is 125 cm³/mol. The molecule has 1 aromatic carbocycles. The van der Waals surface area contributed by atoms with Crippen LogP contribution in [0.25, 0.3) is 9.88 Å². The van der Waals surface area contributed by atoms with Crippen molar-refractivity contribution in [3.05, 3.63) is 57.9 Å². The van der Waals surface area contributed by atoms with Gasteiger partial charge in [-0.25, -0.2) is 13.4 Å². The molecule has 3 heterocycles. The molecule has 3 aromatic rings. The standard InChI is InChI=1S/C21H22ClN3O3S3/c22-16-3-1-4-18(13-16)31(27,28)25-10-7-15(8-11-25)20(26)23-9-6-17-14-30-21(24-17)19-5-2-12-29-19/h1-5,12-15H,6-11H2,(H,23,26). The smallest absolute Gasteiger partial charge is 0.243 e. The number of nitrogens with one attached hydrogen (secondary N) is 1. The first-order valence-electron chi connectivity index (χ1n) is 9.95. The van der Waals surface area contributed by atoms with Crippen molar-refractivity contribution in [2.45, 2.75) is 24.2 Å². The number of amides is 1. The van der Waals surface area contributed by atoms with Gasteiger partial charge in [0, 0.05) is 42.4 Å². The Hall–Kier alpha value is -1.78. The van der Waals surface area contributed by atoms with Gasteiger partial charge in [0.1, 0.15) is 5.01 Å². The Morgan fingerprint density at radius 3 is 2.71 bits per heavy atom. The maximum Gasteiger partial charge on any atom is 0.243 e. The van der Waals surface area contributed by atoms with Crippen LogP contribution in [0.4, 0.5) is 0 Å². The minimum absolute atomic E-state index is 0.0199. The summed E-state index contributed by atoms with van der Waals surface area (Å²) in [5.74, 6) is -0.198. The molecule has 0 bridgehead atoms. The molecule has 2 aromatic heterocycles. The van der Waals surface area contributed by atoms with Gasteiger partial charge in [0.2, 0.25) is 15.9 Å². The van der Waals surface area contributed by atoms with Gasteiger partial charge in [-0.3, -0.25) is 4.79 Å². The molecule has 31 heavy (non-hydrogen) atoms. The molecule has 1 aliphatic heterocycles. The van der Waals surface area contributed by atoms with E-state index in [1.54, 1.807) is 40.9 Å². The van der Waals surface area contributed by atoms with Crippen molar-refractivity contribution in [3.8, 4) is 9.88 Å². The van der Waals surface area contributed by atoms with E-state index in [1.807, 2.05) is 22.9 Å². The van der Waals surface area contributed by atoms with Crippen LogP contribution in [0.3, 0.4) is 0 Å². The number of hydrogen-bond donors (Lipinski definition) is 1. The Morgan fingerprint density at radius 1 is 1.19 bits per heavy atom. The molecule has 1 amide bonds. The normalized spacial score (nSPS) is 15.8. The topological polar surface area (TPSA) is 79.4 Å². The third-order valence-electron chi connectivity index (χ3n) is 5.22. The Morgan fingerprint density at radius 2 is 2.00 bits per heavy atom. The summed E-state index contributed by atoms with van der Waals surface area (Å²) in [6, 6.07) is 10.3. The number of halogens is 1. The van der Waals surface area contributed by atoms with Gasteiger partial charge >= 0.3 is 0 Å². The van der Waals surface area contributed by atoms with Gasteiger partial charge in [-0.1, -0.05) is 23.7 Å². The number of aromatic nitrogens is 1. The zero-order valence-electron chi connectivity index (χ0n) is 16.7. The number of rotatable bonds is 7. The van der Waals surface area contributed by atoms with Crippen molar-refractivity contribution >= 4 is 50.2 Å². The average molecular weight is 496 g/mol. The van der Waals surface area contributed by atoms with Crippen molar-refractivity contribution in [2.75, 3.05) is 19.6 Å². The lowest BCUT2D eigenvalue weighted by Crippen LogP contribution is -2.43. The van der Waals surface area contributed by atoms with E-state index in [2.05, 4.69) is 10.3 Å². The van der Waals surface area contributed by atoms with Gasteiger partial charge in [0.15, 0.2) is 0 Å². The van der Waals surface area contributed by atoms with Gasteiger partial charge < -0.3 is 5.32 Å². The summed E-state index contributed by atoms with van der Waals surface area (Å²) < 4.78 is 27.0. The van der Waals surface area contributed by atoms with Crippen LogP contribution in [0.15, 0.2) is 52.1 Å². The highest BCUT2D eigenvalue weighted by Crippen LogP contribution is 2.28. The summed E-state index contributed by atoms with van der Waals surface area (Å²) in [7, 11) is -3.59. The SMILES string of the molecule is O=C(NCCc1csc(-c2cccs2)n1)C1CCN(S(=O)(=O)c2cccc(Cl)c2)CC1. The number of thiophene rings is 1. The molecular weight excluding hydrogens is 474 g/mol. The van der Waals surface area contributed by atoms with E-state index in [-0.39, 0.29) is 16.7 Å². The van der Waals surface area contributed by atoms with Crippen LogP contribution < -0.4 is 5.32 Å². The van der Waals surface area contributed by atoms with Crippen LogP contribution in [0.2, 0.25) is 5.02 Å². The van der Waals surface area contributed by atoms with E-state index in [0.29, 0.717) is 43.9 Å². The minimum Gasteiger partial charge on any atom is -0.355 e. The van der Waals surface area contributed by atoms with Crippen LogP contribution in [0, 0.1) is 5.92 Å². The van der Waals surface area contributed by atoms with Crippen LogP contribution in [-0.4, -0.2) is 43.2 Å². The summed E-state index contributed by atoms with van der Waals surface area (Å²) in [5.41, 5.74) is 0.969. The molecule has 1 N–H and O–H groups in total. The number of thiazole rings is 1. The summed E-state index contributed by atoms with van der Waals surface area (Å²) in [6.45, 7) is 1.17. The lowest BCUT2D eigenvalue weighted by molar-refractivity contribution is -0.126. The fraction of sp³-hybridized carbons (Fsp3) is 0.333. The van der Waals surface area contributed by atoms with Crippen LogP contribution in [0.5, 0.6) is 0 Å². The Kier molecular flexibility index (Phi) is 7.08. The molecule has 1 aliphatic rings. The fourth-order valence-electron chi connectivity index (χ4n) is 3.53. The van der Waals surface area contributed by atoms with Gasteiger partial charge in [-0.2, -0.15) is 4.31 Å². The van der Waals surface area contributed by atoms with Gasteiger partial charge in [0.25, 0.3) is 0 Å². The monoisotopic (exact) mass is 495 g/mol. The molecule has 10 heteroatoms. The van der Waals surface area contributed by atoms with E-state index in [0.717, 1.165) is 15.6 Å². The molecule has 0 atom stereocenters. The number of sulfonamides is 1. The third-order valence-corrected chi connectivity index (χ3v) is 9.28. The lowest BCUT2D eigenvalue weighted by Gasteiger charge is -2.30. The summed E-state index contributed by atoms with van der Waals surface area (Å²) >= 11 is 9.21. The highest BCUT2D eigenvalue weighted by Gasteiger charge is 2.32. The number of carbonyl (C=O) groups excluding carboxylic acids is 1. The first-order chi connectivity index (χ1) is 14.9. The van der Waals surface area contributed by atoms with Gasteiger partial charge in [0.05, 0.1) is 15.5 Å². The predicted octanol–water partition coefficient (Wildman–Crippen LogP) is 4.28. The zero-order valence-corrected chi connectivity index (χ0v) is 19.9. The molecular formula is C21H22ClN3O3S3. The molecule has 0 aliphatic carbocycles. The lowest BCUT2D eigenvalue weighted by atomic mass is 9.97. The average Bonchev–Trinajstić information content (AvgIpc) is 3.46. The molecule has 1 saturated heterocycles. The van der Waals surface area contributed by atoms with Crippen LogP contribution in [0.1, 0.15) is 18.5 Å². The fourth-order valence-corrected chi connectivity index (χ4v) is 6.97. The van der Waals surface area contributed by atoms with E-state index >= 15 is 0 Å². The van der Waals surface area contributed by atoms with E-state index in [1.165, 1.54) is 10.4 Å². The largest absolute Gasteiger partial charge is 0.355 e. The molecule has 0 radical (unpaired) electrons. The van der Waals surface area contributed by atoms with Gasteiger partial charge in [-0.15, -0.1) is 22.7 Å². The van der Waals surface area contributed by atoms with Crippen molar-refractivity contribution < 1.29 is 13.2 Å². The Balaban J connectivity index is 1.25. The van der Waals surface area contributed by atoms with Gasteiger partial charge in [-0.05, 0) is 42.5 Å². The maximum atomic E-state index is 12.8. The molecule has 0 spiro atoms. The molecule has 6 nitrogen and oxygen atoms in total. The van der Waals surface area contributed by atoms with Crippen molar-refractivity contribution in [2.24, 2.45) is 5.92 Å². The number of piperidine rings is 1. The summed E-state index contributed by atoms with van der Waals surface area (Å²) in [5, 5.41) is 8.43. The van der Waals surface area contributed by atoms with Crippen molar-refractivity contribution in [3.63, 3.8) is 0 Å². The first-order valence-corrected chi connectivity index (χ1v) is 13.5. The maximum absolute atomic E-state index is 12.8. The quantitative estimate of drug-likeness (QED) is 0.530. The van der Waals surface area contributed by atoms with Crippen molar-refractivity contribution in [1.29, 1.82) is 0 Å². The number of carbonyl (C=O) groups is 1. The highest BCUT2D eigenvalue weighted by molar-refractivity contribution is 7.89. The number of benzene rings is 1. The number of nitrogens with zero attached hydrogens (tertiary/aromatic N) is 2. The molecule has 164 valence electrons. The van der Waals surface area contributed by atoms with Crippen molar-refractivity contribution in [1.82, 2.24) is 14.6 Å². The van der Waals surface area contributed by atoms with Crippen LogP contribution >= 0.6 is 34.3 Å². The third kappa shape index (κ3) is 5.35. The Labute approximate surface area is 194 Å². The van der Waals surface area contributed by atoms with E-state index < -0.39 is 10.0 Å². The highest BCUT2D eigenvalue weighted by atomic mass is 35.5. The second-order valence-corrected chi connectivity index (χ2v) is 11.5. The minimum atomic E-state index is -3.59. The zero-order chi connectivity index (χ0) is 21.8. The second kappa shape index (κ2) is 9.79. The molecule has 4 rings (SSSR count). The second-order valence-electron chi connectivity index (χ2n) is 7.30. The Bertz CT molecular complexity index is 1140. The number of hydrogen-bond acceptors (Lipinski definition) is 6. The van der Waals surface area contributed by atoms with E-state index in [4.69, 9.17) is 11.6 Å². The molecule has 1 fully saturated rings. The first kappa shape index (κ1) is 22.4. The molecule has 0 saturated carbocycles. The van der Waals surface area contributed by atoms with E-state index in [9.17, 15) is 13.2 Å².